The molecule has 0 fully saturated rings. The molecule has 1 aliphatic heterocycles. The normalized spacial score (nSPS) is 15.5. The van der Waals surface area contributed by atoms with Crippen LogP contribution in [0.4, 0.5) is 11.9 Å². The number of carbonyl (C=O) groups excluding carboxylic acids is 1. The van der Waals surface area contributed by atoms with Gasteiger partial charge < -0.3 is 5.32 Å². The summed E-state index contributed by atoms with van der Waals surface area (Å²) in [6.45, 7) is 3.87. The second kappa shape index (κ2) is 7.07. The lowest BCUT2D eigenvalue weighted by Gasteiger charge is -2.24. The summed E-state index contributed by atoms with van der Waals surface area (Å²) in [6, 6.07) is 18.4. The molecule has 3 aromatic rings. The van der Waals surface area contributed by atoms with Crippen molar-refractivity contribution in [3.8, 4) is 0 Å². The topological polar surface area (TPSA) is 71.8 Å². The molecule has 2 aromatic carbocycles. The minimum atomic E-state index is -0.114. The Bertz CT molecular complexity index is 989. The number of carbonyl (C=O) groups is 1. The molecule has 0 unspecified atom stereocenters. The van der Waals surface area contributed by atoms with E-state index in [2.05, 4.69) is 70.1 Å². The Hall–Kier alpha value is -3.41. The molecular formula is C21H21N5O. The van der Waals surface area contributed by atoms with E-state index in [-0.39, 0.29) is 11.9 Å². The lowest BCUT2D eigenvalue weighted by molar-refractivity contribution is -0.115. The molecule has 4 rings (SSSR count). The van der Waals surface area contributed by atoms with Crippen molar-refractivity contribution in [1.82, 2.24) is 14.8 Å². The molecule has 136 valence electrons. The van der Waals surface area contributed by atoms with Gasteiger partial charge in [-0.2, -0.15) is 4.98 Å². The highest BCUT2D eigenvalue weighted by Crippen LogP contribution is 2.33. The van der Waals surface area contributed by atoms with Gasteiger partial charge >= 0.3 is 0 Å². The molecule has 0 aliphatic carbocycles. The van der Waals surface area contributed by atoms with E-state index in [9.17, 15) is 4.79 Å². The molecule has 0 radical (unpaired) electrons. The second-order valence-corrected chi connectivity index (χ2v) is 6.53. The highest BCUT2D eigenvalue weighted by atomic mass is 16.1. The Morgan fingerprint density at radius 3 is 2.59 bits per heavy atom. The van der Waals surface area contributed by atoms with Gasteiger partial charge in [-0.25, -0.2) is 4.68 Å². The molecule has 1 amide bonds. The van der Waals surface area contributed by atoms with Crippen molar-refractivity contribution in [2.24, 2.45) is 0 Å². The van der Waals surface area contributed by atoms with Crippen LogP contribution in [0.1, 0.15) is 36.1 Å². The van der Waals surface area contributed by atoms with E-state index in [4.69, 9.17) is 0 Å². The van der Waals surface area contributed by atoms with Crippen molar-refractivity contribution in [1.29, 1.82) is 0 Å². The summed E-state index contributed by atoms with van der Waals surface area (Å²) in [6.07, 6.45) is 2.51. The number of fused-ring (bicyclic) bond motifs is 1. The van der Waals surface area contributed by atoms with E-state index in [0.29, 0.717) is 18.3 Å². The summed E-state index contributed by atoms with van der Waals surface area (Å²) in [5, 5.41) is 10.6. The number of aryl methyl sites for hydroxylation is 1. The molecule has 2 N–H and O–H groups in total. The van der Waals surface area contributed by atoms with Crippen LogP contribution in [0, 0.1) is 6.92 Å². The summed E-state index contributed by atoms with van der Waals surface area (Å²) >= 11 is 0. The molecule has 6 heteroatoms. The molecule has 0 spiro atoms. The van der Waals surface area contributed by atoms with Gasteiger partial charge in [0.05, 0.1) is 0 Å². The predicted molar refractivity (Wildman–Crippen MR) is 106 cm³/mol. The van der Waals surface area contributed by atoms with Crippen molar-refractivity contribution < 1.29 is 4.79 Å². The quantitative estimate of drug-likeness (QED) is 0.739. The Balaban J connectivity index is 1.77. The number of aromatic nitrogens is 3. The zero-order valence-corrected chi connectivity index (χ0v) is 15.3. The fourth-order valence-corrected chi connectivity index (χ4v) is 3.05. The first-order valence-electron chi connectivity index (χ1n) is 9.01. The Kier molecular flexibility index (Phi) is 4.46. The van der Waals surface area contributed by atoms with Crippen LogP contribution in [0.25, 0.3) is 5.70 Å². The first-order chi connectivity index (χ1) is 13.1. The van der Waals surface area contributed by atoms with Crippen LogP contribution in [-0.4, -0.2) is 20.7 Å². The highest BCUT2D eigenvalue weighted by molar-refractivity contribution is 5.89. The first kappa shape index (κ1) is 17.0. The van der Waals surface area contributed by atoms with Crippen molar-refractivity contribution in [3.05, 3.63) is 77.4 Å². The van der Waals surface area contributed by atoms with Crippen LogP contribution >= 0.6 is 0 Å². The van der Waals surface area contributed by atoms with E-state index in [1.165, 1.54) is 5.56 Å². The Morgan fingerprint density at radius 1 is 1.15 bits per heavy atom. The highest BCUT2D eigenvalue weighted by Gasteiger charge is 2.25. The van der Waals surface area contributed by atoms with Crippen LogP contribution in [0.2, 0.25) is 0 Å². The molecule has 0 saturated heterocycles. The fourth-order valence-electron chi connectivity index (χ4n) is 3.05. The number of rotatable bonds is 4. The fraction of sp³-hybridized carbons (Fsp3) is 0.190. The van der Waals surface area contributed by atoms with Gasteiger partial charge in [0.2, 0.25) is 11.9 Å². The van der Waals surface area contributed by atoms with Gasteiger partial charge in [0.15, 0.2) is 0 Å². The van der Waals surface area contributed by atoms with Gasteiger partial charge in [-0.15, -0.1) is 5.10 Å². The summed E-state index contributed by atoms with van der Waals surface area (Å²) in [4.78, 5) is 16.2. The SMILES string of the molecule is CCC(=O)Nc1nc2n(n1)[C@@H](c1ccc(C)cc1)C=C(c1ccccc1)N2. The molecule has 0 bridgehead atoms. The number of amides is 1. The maximum Gasteiger partial charge on any atom is 0.250 e. The number of nitrogens with zero attached hydrogens (tertiary/aromatic N) is 3. The standard InChI is InChI=1S/C21H21N5O/c1-3-19(27)23-20-24-21-22-17(15-7-5-4-6-8-15)13-18(26(21)25-20)16-11-9-14(2)10-12-16/h4-13,18H,3H2,1-2H3,(H2,22,23,24,25,27)/t18-/m1/s1. The third kappa shape index (κ3) is 3.46. The smallest absolute Gasteiger partial charge is 0.250 e. The molecule has 1 aromatic heterocycles. The molecule has 1 atom stereocenters. The van der Waals surface area contributed by atoms with Gasteiger partial charge in [0.25, 0.3) is 5.95 Å². The first-order valence-corrected chi connectivity index (χ1v) is 9.01. The molecule has 1 aliphatic rings. The van der Waals surface area contributed by atoms with Gasteiger partial charge in [-0.1, -0.05) is 67.1 Å². The van der Waals surface area contributed by atoms with Crippen LogP contribution < -0.4 is 10.6 Å². The third-order valence-electron chi connectivity index (χ3n) is 4.54. The third-order valence-corrected chi connectivity index (χ3v) is 4.54. The van der Waals surface area contributed by atoms with E-state index in [1.54, 1.807) is 6.92 Å². The number of hydrogen-bond acceptors (Lipinski definition) is 4. The van der Waals surface area contributed by atoms with Crippen molar-refractivity contribution in [3.63, 3.8) is 0 Å². The van der Waals surface area contributed by atoms with Crippen molar-refractivity contribution >= 4 is 23.5 Å². The number of hydrogen-bond donors (Lipinski definition) is 2. The zero-order valence-electron chi connectivity index (χ0n) is 15.3. The van der Waals surface area contributed by atoms with Crippen LogP contribution in [0.15, 0.2) is 60.7 Å². The van der Waals surface area contributed by atoms with Crippen LogP contribution in [0.3, 0.4) is 0 Å². The summed E-state index contributed by atoms with van der Waals surface area (Å²) < 4.78 is 1.81. The van der Waals surface area contributed by atoms with Crippen molar-refractivity contribution in [2.45, 2.75) is 26.3 Å². The predicted octanol–water partition coefficient (Wildman–Crippen LogP) is 3.99. The van der Waals surface area contributed by atoms with Crippen LogP contribution in [0.5, 0.6) is 0 Å². The molecule has 2 heterocycles. The molecule has 27 heavy (non-hydrogen) atoms. The second-order valence-electron chi connectivity index (χ2n) is 6.53. The van der Waals surface area contributed by atoms with E-state index < -0.39 is 0 Å². The zero-order chi connectivity index (χ0) is 18.8. The minimum Gasteiger partial charge on any atom is -0.324 e. The number of benzene rings is 2. The largest absolute Gasteiger partial charge is 0.324 e. The summed E-state index contributed by atoms with van der Waals surface area (Å²) in [5.74, 6) is 0.804. The van der Waals surface area contributed by atoms with Gasteiger partial charge in [-0.3, -0.25) is 10.1 Å². The van der Waals surface area contributed by atoms with Gasteiger partial charge in [0, 0.05) is 12.1 Å². The molecule has 6 nitrogen and oxygen atoms in total. The monoisotopic (exact) mass is 359 g/mol. The molecular weight excluding hydrogens is 338 g/mol. The average Bonchev–Trinajstić information content (AvgIpc) is 3.10. The van der Waals surface area contributed by atoms with E-state index >= 15 is 0 Å². The van der Waals surface area contributed by atoms with E-state index in [1.807, 2.05) is 22.9 Å². The lowest BCUT2D eigenvalue weighted by atomic mass is 10.0. The van der Waals surface area contributed by atoms with Gasteiger partial charge in [-0.05, 0) is 24.1 Å². The van der Waals surface area contributed by atoms with Crippen LogP contribution in [-0.2, 0) is 4.79 Å². The maximum absolute atomic E-state index is 11.7. The maximum atomic E-state index is 11.7. The number of nitrogens with one attached hydrogen (secondary N) is 2. The summed E-state index contributed by atoms with van der Waals surface area (Å²) in [5.41, 5.74) is 4.35. The Labute approximate surface area is 157 Å². The lowest BCUT2D eigenvalue weighted by Crippen LogP contribution is -2.20. The van der Waals surface area contributed by atoms with Crippen molar-refractivity contribution in [2.75, 3.05) is 10.6 Å². The summed E-state index contributed by atoms with van der Waals surface area (Å²) in [7, 11) is 0. The number of anilines is 2. The molecule has 0 saturated carbocycles. The Morgan fingerprint density at radius 2 is 1.89 bits per heavy atom. The number of allylic oxidation sites excluding steroid dienone is 1. The van der Waals surface area contributed by atoms with E-state index in [0.717, 1.165) is 16.8 Å². The van der Waals surface area contributed by atoms with Gasteiger partial charge in [0.1, 0.15) is 6.04 Å². The average molecular weight is 359 g/mol. The minimum absolute atomic E-state index is 0.110.